The average Bonchev–Trinajstić information content (AvgIpc) is 2.63. The Balaban J connectivity index is 4.47. The lowest BCUT2D eigenvalue weighted by Gasteiger charge is -2.38. The maximum atomic E-state index is 11.0. The third-order valence-corrected chi connectivity index (χ3v) is 5.13. The fourth-order valence-corrected chi connectivity index (χ4v) is 3.42. The van der Waals surface area contributed by atoms with Gasteiger partial charge in [0, 0.05) is 12.4 Å². The van der Waals surface area contributed by atoms with Gasteiger partial charge >= 0.3 is 11.9 Å². The molecule has 0 saturated carbocycles. The van der Waals surface area contributed by atoms with Crippen LogP contribution in [0.15, 0.2) is 12.2 Å². The summed E-state index contributed by atoms with van der Waals surface area (Å²) in [5, 5.41) is 28.9. The van der Waals surface area contributed by atoms with Gasteiger partial charge in [-0.1, -0.05) is 37.8 Å². The first-order valence-corrected chi connectivity index (χ1v) is 10.4. The number of hydrogen-bond donors (Lipinski definition) is 2. The first-order chi connectivity index (χ1) is 13.3. The molecule has 0 amide bonds. The van der Waals surface area contributed by atoms with Gasteiger partial charge in [0.25, 0.3) is 0 Å². The first-order valence-electron chi connectivity index (χ1n) is 10.4. The molecule has 0 aromatic carbocycles. The molecular weight excluding hydrogens is 362 g/mol. The van der Waals surface area contributed by atoms with Crippen LogP contribution in [0.2, 0.25) is 0 Å². The van der Waals surface area contributed by atoms with Crippen molar-refractivity contribution in [1.29, 1.82) is 0 Å². The number of unbranched alkanes of at least 4 members (excludes halogenated alkanes) is 7. The van der Waals surface area contributed by atoms with Crippen LogP contribution < -0.4 is 5.11 Å². The largest absolute Gasteiger partial charge is 0.550 e. The SMILES string of the molecule is C/C=C/CCCCCCCCC[N+](CCC(=O)[O-])(CCC(=O)O)CCC(=O)O. The number of hydrogen-bond acceptors (Lipinski definition) is 4. The molecule has 0 saturated heterocycles. The van der Waals surface area contributed by atoms with Gasteiger partial charge in [-0.2, -0.15) is 0 Å². The number of rotatable bonds is 19. The number of carbonyl (C=O) groups excluding carboxylic acids is 1. The van der Waals surface area contributed by atoms with Crippen LogP contribution in [0.25, 0.3) is 0 Å². The number of carboxylic acids is 3. The molecular formula is C21H37NO6. The van der Waals surface area contributed by atoms with E-state index in [4.69, 9.17) is 10.2 Å². The van der Waals surface area contributed by atoms with Crippen molar-refractivity contribution in [3.05, 3.63) is 12.2 Å². The second kappa shape index (κ2) is 16.1. The summed E-state index contributed by atoms with van der Waals surface area (Å²) in [6, 6.07) is 0. The topological polar surface area (TPSA) is 115 Å². The van der Waals surface area contributed by atoms with E-state index < -0.39 is 17.9 Å². The van der Waals surface area contributed by atoms with Crippen molar-refractivity contribution in [3.8, 4) is 0 Å². The molecule has 0 aromatic rings. The van der Waals surface area contributed by atoms with Crippen LogP contribution in [-0.4, -0.2) is 58.8 Å². The number of carboxylic acid groups (broad SMARTS) is 3. The van der Waals surface area contributed by atoms with Crippen LogP contribution in [0.3, 0.4) is 0 Å². The molecule has 0 radical (unpaired) electrons. The van der Waals surface area contributed by atoms with E-state index in [1.165, 1.54) is 19.3 Å². The molecule has 28 heavy (non-hydrogen) atoms. The van der Waals surface area contributed by atoms with E-state index in [1.807, 2.05) is 6.92 Å². The molecule has 0 spiro atoms. The zero-order valence-electron chi connectivity index (χ0n) is 17.2. The van der Waals surface area contributed by atoms with Gasteiger partial charge < -0.3 is 24.6 Å². The molecule has 0 heterocycles. The van der Waals surface area contributed by atoms with E-state index >= 15 is 0 Å². The Bertz CT molecular complexity index is 444. The minimum Gasteiger partial charge on any atom is -0.550 e. The van der Waals surface area contributed by atoms with Gasteiger partial charge in [-0.25, -0.2) is 0 Å². The van der Waals surface area contributed by atoms with Crippen LogP contribution in [0.4, 0.5) is 0 Å². The van der Waals surface area contributed by atoms with Gasteiger partial charge in [0.05, 0.1) is 39.0 Å². The van der Waals surface area contributed by atoms with E-state index in [0.29, 0.717) is 6.54 Å². The number of allylic oxidation sites excluding steroid dienone is 2. The first kappa shape index (κ1) is 26.1. The van der Waals surface area contributed by atoms with Gasteiger partial charge in [-0.15, -0.1) is 0 Å². The van der Waals surface area contributed by atoms with E-state index in [1.54, 1.807) is 0 Å². The highest BCUT2D eigenvalue weighted by molar-refractivity contribution is 5.67. The van der Waals surface area contributed by atoms with Crippen molar-refractivity contribution in [1.82, 2.24) is 0 Å². The van der Waals surface area contributed by atoms with Gasteiger partial charge in [0.1, 0.15) is 0 Å². The van der Waals surface area contributed by atoms with Crippen molar-refractivity contribution >= 4 is 17.9 Å². The van der Waals surface area contributed by atoms with Crippen LogP contribution in [0, 0.1) is 0 Å². The zero-order chi connectivity index (χ0) is 21.3. The summed E-state index contributed by atoms with van der Waals surface area (Å²) in [6.45, 7) is 3.35. The highest BCUT2D eigenvalue weighted by Gasteiger charge is 2.28. The van der Waals surface area contributed by atoms with E-state index in [0.717, 1.165) is 32.1 Å². The Kier molecular flexibility index (Phi) is 15.0. The summed E-state index contributed by atoms with van der Waals surface area (Å²) in [5.74, 6) is -3.10. The van der Waals surface area contributed by atoms with Crippen LogP contribution in [0.5, 0.6) is 0 Å². The lowest BCUT2D eigenvalue weighted by molar-refractivity contribution is -0.927. The van der Waals surface area contributed by atoms with Crippen LogP contribution in [-0.2, 0) is 14.4 Å². The second-order valence-corrected chi connectivity index (χ2v) is 7.48. The summed E-state index contributed by atoms with van der Waals surface area (Å²) in [6.07, 6.45) is 12.7. The van der Waals surface area contributed by atoms with Crippen molar-refractivity contribution < 1.29 is 34.2 Å². The second-order valence-electron chi connectivity index (χ2n) is 7.48. The van der Waals surface area contributed by atoms with Crippen LogP contribution in [0.1, 0.15) is 77.6 Å². The molecule has 0 aliphatic heterocycles. The number of quaternary nitrogens is 1. The minimum atomic E-state index is -1.19. The number of carbonyl (C=O) groups is 3. The number of nitrogens with zero attached hydrogens (tertiary/aromatic N) is 1. The summed E-state index contributed by atoms with van der Waals surface area (Å²) >= 11 is 0. The Morgan fingerprint density at radius 1 is 0.750 bits per heavy atom. The normalized spacial score (nSPS) is 11.8. The van der Waals surface area contributed by atoms with Crippen molar-refractivity contribution in [2.75, 3.05) is 26.2 Å². The fourth-order valence-electron chi connectivity index (χ4n) is 3.42. The summed E-state index contributed by atoms with van der Waals surface area (Å²) < 4.78 is 0.218. The Hall–Kier alpha value is -1.89. The zero-order valence-corrected chi connectivity index (χ0v) is 17.2. The fraction of sp³-hybridized carbons (Fsp3) is 0.762. The quantitative estimate of drug-likeness (QED) is 0.196. The van der Waals surface area contributed by atoms with Gasteiger partial charge in [0.2, 0.25) is 0 Å². The van der Waals surface area contributed by atoms with Crippen LogP contribution >= 0.6 is 0 Å². The van der Waals surface area contributed by atoms with Gasteiger partial charge in [0.15, 0.2) is 0 Å². The lowest BCUT2D eigenvalue weighted by atomic mass is 10.1. The van der Waals surface area contributed by atoms with Gasteiger partial charge in [-0.3, -0.25) is 9.59 Å². The van der Waals surface area contributed by atoms with E-state index in [2.05, 4.69) is 12.2 Å². The van der Waals surface area contributed by atoms with E-state index in [-0.39, 0.29) is 43.4 Å². The molecule has 0 rings (SSSR count). The smallest absolute Gasteiger partial charge is 0.309 e. The molecule has 0 bridgehead atoms. The molecule has 0 aliphatic carbocycles. The predicted octanol–water partition coefficient (Wildman–Crippen LogP) is 2.59. The molecule has 0 atom stereocenters. The van der Waals surface area contributed by atoms with Crippen molar-refractivity contribution in [2.24, 2.45) is 0 Å². The molecule has 162 valence electrons. The third kappa shape index (κ3) is 15.2. The van der Waals surface area contributed by atoms with Gasteiger partial charge in [-0.05, 0) is 32.6 Å². The Labute approximate surface area is 168 Å². The molecule has 0 aliphatic rings. The average molecular weight is 400 g/mol. The number of aliphatic carboxylic acids is 3. The summed E-state index contributed by atoms with van der Waals surface area (Å²) in [7, 11) is 0. The summed E-state index contributed by atoms with van der Waals surface area (Å²) in [4.78, 5) is 32.9. The third-order valence-electron chi connectivity index (χ3n) is 5.13. The predicted molar refractivity (Wildman–Crippen MR) is 106 cm³/mol. The highest BCUT2D eigenvalue weighted by Crippen LogP contribution is 2.16. The maximum Gasteiger partial charge on any atom is 0.309 e. The lowest BCUT2D eigenvalue weighted by Crippen LogP contribution is -2.53. The molecule has 7 nitrogen and oxygen atoms in total. The Morgan fingerprint density at radius 2 is 1.21 bits per heavy atom. The maximum absolute atomic E-state index is 11.0. The van der Waals surface area contributed by atoms with Crippen molar-refractivity contribution in [3.63, 3.8) is 0 Å². The van der Waals surface area contributed by atoms with E-state index in [9.17, 15) is 19.5 Å². The molecule has 0 unspecified atom stereocenters. The standard InChI is InChI=1S/C21H37NO6/c1-2-3-4-5-6-7-8-9-10-11-15-22(16-12-19(23)24,17-13-20(25)26)18-14-21(27)28/h2-3H,4-18H2,1H3,(H2-,23,24,25,26,27,28)/b3-2+. The minimum absolute atomic E-state index is 0.0983. The molecule has 2 N–H and O–H groups in total. The molecule has 0 aromatic heterocycles. The highest BCUT2D eigenvalue weighted by atomic mass is 16.4. The summed E-state index contributed by atoms with van der Waals surface area (Å²) in [5.41, 5.74) is 0. The molecule has 0 fully saturated rings. The molecule has 7 heteroatoms. The Morgan fingerprint density at radius 3 is 1.68 bits per heavy atom. The monoisotopic (exact) mass is 399 g/mol. The van der Waals surface area contributed by atoms with Crippen molar-refractivity contribution in [2.45, 2.75) is 77.6 Å².